The Morgan fingerprint density at radius 2 is 2.15 bits per heavy atom. The van der Waals surface area contributed by atoms with E-state index in [1.807, 2.05) is 0 Å². The molecule has 2 heteroatoms. The topological polar surface area (TPSA) is 12.0 Å². The molecule has 0 amide bonds. The standard InChI is InChI=1S/C11H19NSi/c1-7(2)8-5-9(8)11-10(6-12-11)13(3)4/h6-7,11-13H,5H2,1-4H3/t11-/m1/s1. The first-order valence-corrected chi connectivity index (χ1v) is 8.17. The van der Waals surface area contributed by atoms with Crippen LogP contribution in [-0.2, 0) is 0 Å². The van der Waals surface area contributed by atoms with Gasteiger partial charge in [-0.1, -0.05) is 32.5 Å². The summed E-state index contributed by atoms with van der Waals surface area (Å²) in [4.78, 5) is 0. The zero-order valence-corrected chi connectivity index (χ0v) is 10.2. The average molecular weight is 193 g/mol. The van der Waals surface area contributed by atoms with Crippen LogP contribution in [0, 0.1) is 5.92 Å². The van der Waals surface area contributed by atoms with E-state index in [1.165, 1.54) is 6.42 Å². The summed E-state index contributed by atoms with van der Waals surface area (Å²) >= 11 is 0. The number of nitrogens with one attached hydrogen (secondary N) is 1. The molecule has 0 aromatic heterocycles. The summed E-state index contributed by atoms with van der Waals surface area (Å²) in [7, 11) is -0.546. The van der Waals surface area contributed by atoms with Gasteiger partial charge in [-0.15, -0.1) is 0 Å². The van der Waals surface area contributed by atoms with Crippen LogP contribution in [-0.4, -0.2) is 14.8 Å². The van der Waals surface area contributed by atoms with E-state index in [0.29, 0.717) is 6.04 Å². The summed E-state index contributed by atoms with van der Waals surface area (Å²) < 4.78 is 0. The molecule has 0 radical (unpaired) electrons. The van der Waals surface area contributed by atoms with Crippen molar-refractivity contribution in [2.45, 2.75) is 39.4 Å². The van der Waals surface area contributed by atoms with E-state index in [-0.39, 0.29) is 0 Å². The van der Waals surface area contributed by atoms with E-state index in [1.54, 1.807) is 16.3 Å². The molecule has 0 aromatic carbocycles. The van der Waals surface area contributed by atoms with E-state index in [0.717, 1.165) is 5.92 Å². The number of allylic oxidation sites excluding steroid dienone is 1. The Labute approximate surface area is 82.5 Å². The molecule has 1 nitrogen and oxygen atoms in total. The van der Waals surface area contributed by atoms with E-state index in [2.05, 4.69) is 38.5 Å². The lowest BCUT2D eigenvalue weighted by atomic mass is 10.1. The molecule has 0 unspecified atom stereocenters. The predicted octanol–water partition coefficient (Wildman–Crippen LogP) is 2.22. The molecule has 72 valence electrons. The Morgan fingerprint density at radius 3 is 2.46 bits per heavy atom. The quantitative estimate of drug-likeness (QED) is 0.535. The van der Waals surface area contributed by atoms with Crippen molar-refractivity contribution in [1.82, 2.24) is 5.32 Å². The number of rotatable bonds is 3. The van der Waals surface area contributed by atoms with E-state index >= 15 is 0 Å². The van der Waals surface area contributed by atoms with Crippen molar-refractivity contribution < 1.29 is 0 Å². The van der Waals surface area contributed by atoms with Gasteiger partial charge < -0.3 is 5.32 Å². The van der Waals surface area contributed by atoms with Gasteiger partial charge in [0, 0.05) is 0 Å². The van der Waals surface area contributed by atoms with Crippen LogP contribution in [0.4, 0.5) is 0 Å². The summed E-state index contributed by atoms with van der Waals surface area (Å²) in [5, 5.41) is 5.17. The highest BCUT2D eigenvalue weighted by Crippen LogP contribution is 2.43. The molecule has 0 spiro atoms. The van der Waals surface area contributed by atoms with Gasteiger partial charge in [0.25, 0.3) is 0 Å². The van der Waals surface area contributed by atoms with Crippen molar-refractivity contribution in [2.24, 2.45) is 5.92 Å². The van der Waals surface area contributed by atoms with Crippen molar-refractivity contribution in [2.75, 3.05) is 0 Å². The predicted molar refractivity (Wildman–Crippen MR) is 60.4 cm³/mol. The largest absolute Gasteiger partial charge is 0.381 e. The van der Waals surface area contributed by atoms with Crippen LogP contribution >= 0.6 is 0 Å². The van der Waals surface area contributed by atoms with Crippen molar-refractivity contribution in [3.8, 4) is 0 Å². The zero-order valence-electron chi connectivity index (χ0n) is 9.02. The fourth-order valence-corrected chi connectivity index (χ4v) is 3.48. The lowest BCUT2D eigenvalue weighted by Gasteiger charge is -2.30. The first-order chi connectivity index (χ1) is 6.11. The van der Waals surface area contributed by atoms with Gasteiger partial charge in [0.15, 0.2) is 0 Å². The molecule has 2 aliphatic rings. The third-order valence-electron chi connectivity index (χ3n) is 3.13. The van der Waals surface area contributed by atoms with Gasteiger partial charge in [0.05, 0.1) is 14.8 Å². The second-order valence-corrected chi connectivity index (χ2v) is 7.76. The lowest BCUT2D eigenvalue weighted by molar-refractivity contribution is 0.716. The first-order valence-electron chi connectivity index (χ1n) is 5.29. The second kappa shape index (κ2) is 3.02. The van der Waals surface area contributed by atoms with Crippen molar-refractivity contribution in [3.05, 3.63) is 22.5 Å². The minimum Gasteiger partial charge on any atom is -0.381 e. The van der Waals surface area contributed by atoms with Crippen LogP contribution in [0.25, 0.3) is 0 Å². The minimum absolute atomic E-state index is 0.546. The molecule has 1 aliphatic heterocycles. The Morgan fingerprint density at radius 1 is 1.46 bits per heavy atom. The summed E-state index contributed by atoms with van der Waals surface area (Å²) in [5.41, 5.74) is 3.41. The monoisotopic (exact) mass is 193 g/mol. The van der Waals surface area contributed by atoms with E-state index in [4.69, 9.17) is 0 Å². The maximum atomic E-state index is 3.44. The third-order valence-corrected chi connectivity index (χ3v) is 4.96. The third kappa shape index (κ3) is 1.48. The second-order valence-electron chi connectivity index (χ2n) is 4.78. The highest BCUT2D eigenvalue weighted by Gasteiger charge is 2.36. The highest BCUT2D eigenvalue weighted by atomic mass is 28.3. The van der Waals surface area contributed by atoms with Gasteiger partial charge in [0.2, 0.25) is 0 Å². The summed E-state index contributed by atoms with van der Waals surface area (Å²) in [6.45, 7) is 9.43. The SMILES string of the molecule is CC(C)C1=C([C@H]2NC=C2[SiH](C)C)C1. The van der Waals surface area contributed by atoms with Gasteiger partial charge >= 0.3 is 0 Å². The van der Waals surface area contributed by atoms with Gasteiger partial charge in [-0.2, -0.15) is 0 Å². The molecular weight excluding hydrogens is 174 g/mol. The van der Waals surface area contributed by atoms with Gasteiger partial charge in [-0.3, -0.25) is 0 Å². The molecule has 1 heterocycles. The van der Waals surface area contributed by atoms with Crippen LogP contribution in [0.5, 0.6) is 0 Å². The molecule has 0 saturated carbocycles. The Kier molecular flexibility index (Phi) is 2.10. The fourth-order valence-electron chi connectivity index (χ4n) is 2.09. The van der Waals surface area contributed by atoms with Crippen LogP contribution in [0.1, 0.15) is 20.3 Å². The van der Waals surface area contributed by atoms with Gasteiger partial charge in [-0.05, 0) is 29.3 Å². The maximum absolute atomic E-state index is 3.44. The summed E-state index contributed by atoms with van der Waals surface area (Å²) in [6.07, 6.45) is 3.54. The van der Waals surface area contributed by atoms with Gasteiger partial charge in [0.1, 0.15) is 0 Å². The van der Waals surface area contributed by atoms with Crippen LogP contribution in [0.2, 0.25) is 13.1 Å². The van der Waals surface area contributed by atoms with Crippen LogP contribution in [0.15, 0.2) is 22.5 Å². The first kappa shape index (κ1) is 9.07. The van der Waals surface area contributed by atoms with Crippen molar-refractivity contribution in [1.29, 1.82) is 0 Å². The van der Waals surface area contributed by atoms with Crippen LogP contribution < -0.4 is 5.32 Å². The van der Waals surface area contributed by atoms with Crippen molar-refractivity contribution >= 4 is 8.80 Å². The fraction of sp³-hybridized carbons (Fsp3) is 0.636. The molecule has 2 rings (SSSR count). The molecule has 0 fully saturated rings. The molecule has 13 heavy (non-hydrogen) atoms. The van der Waals surface area contributed by atoms with Gasteiger partial charge in [-0.25, -0.2) is 0 Å². The molecule has 1 aliphatic carbocycles. The Bertz CT molecular complexity index is 286. The summed E-state index contributed by atoms with van der Waals surface area (Å²) in [5.74, 6) is 0.771. The average Bonchev–Trinajstić information content (AvgIpc) is 2.62. The van der Waals surface area contributed by atoms with Crippen molar-refractivity contribution in [3.63, 3.8) is 0 Å². The summed E-state index contributed by atoms with van der Waals surface area (Å²) in [6, 6.07) is 0.670. The molecule has 1 atom stereocenters. The smallest absolute Gasteiger partial charge is 0.0666 e. The van der Waals surface area contributed by atoms with E-state index < -0.39 is 8.80 Å². The molecule has 0 aromatic rings. The molecular formula is C11H19NSi. The zero-order chi connectivity index (χ0) is 9.59. The normalized spacial score (nSPS) is 26.0. The Hall–Kier alpha value is -0.503. The Balaban J connectivity index is 2.04. The molecule has 0 saturated heterocycles. The highest BCUT2D eigenvalue weighted by molar-refractivity contribution is 6.64. The lowest BCUT2D eigenvalue weighted by Crippen LogP contribution is -2.41. The molecule has 0 bridgehead atoms. The molecule has 1 N–H and O–H groups in total. The van der Waals surface area contributed by atoms with Crippen LogP contribution in [0.3, 0.4) is 0 Å². The van der Waals surface area contributed by atoms with E-state index in [9.17, 15) is 0 Å². The number of hydrogen-bond donors (Lipinski definition) is 1. The number of hydrogen-bond acceptors (Lipinski definition) is 1. The minimum atomic E-state index is -0.546. The maximum Gasteiger partial charge on any atom is 0.0666 e.